The van der Waals surface area contributed by atoms with E-state index in [2.05, 4.69) is 5.32 Å². The Morgan fingerprint density at radius 3 is 2.28 bits per heavy atom. The fraction of sp³-hybridized carbons (Fsp3) is 0.333. The van der Waals surface area contributed by atoms with Crippen LogP contribution in [0.2, 0.25) is 0 Å². The number of hydrogen-bond donors (Lipinski definition) is 1. The van der Waals surface area contributed by atoms with Crippen LogP contribution in [0.5, 0.6) is 0 Å². The van der Waals surface area contributed by atoms with E-state index in [0.29, 0.717) is 32.7 Å². The Morgan fingerprint density at radius 1 is 0.931 bits per heavy atom. The molecule has 0 aliphatic carbocycles. The lowest BCUT2D eigenvalue weighted by molar-refractivity contribution is -0.137. The first-order valence-electron chi connectivity index (χ1n) is 9.32. The molecule has 0 unspecified atom stereocenters. The molecule has 1 aliphatic heterocycles. The van der Waals surface area contributed by atoms with Gasteiger partial charge in [-0.3, -0.25) is 14.5 Å². The number of hydrogen-bond acceptors (Lipinski definition) is 3. The number of nitrogens with one attached hydrogen (secondary N) is 1. The van der Waals surface area contributed by atoms with E-state index in [-0.39, 0.29) is 18.0 Å². The van der Waals surface area contributed by atoms with Crippen LogP contribution < -0.4 is 5.32 Å². The third-order valence-electron chi connectivity index (χ3n) is 4.80. The summed E-state index contributed by atoms with van der Waals surface area (Å²) in [5.74, 6) is -0.532. The van der Waals surface area contributed by atoms with Crippen LogP contribution in [-0.4, -0.2) is 54.3 Å². The van der Waals surface area contributed by atoms with Crippen molar-refractivity contribution in [1.29, 1.82) is 0 Å². The molecule has 3 rings (SSSR count). The Morgan fingerprint density at radius 2 is 1.62 bits per heavy atom. The van der Waals surface area contributed by atoms with Gasteiger partial charge >= 0.3 is 6.18 Å². The monoisotopic (exact) mass is 405 g/mol. The van der Waals surface area contributed by atoms with Crippen molar-refractivity contribution < 1.29 is 22.8 Å². The Bertz CT molecular complexity index is 848. The molecule has 0 atom stereocenters. The lowest BCUT2D eigenvalue weighted by Crippen LogP contribution is -2.51. The molecule has 1 heterocycles. The molecule has 154 valence electrons. The molecule has 0 bridgehead atoms. The highest BCUT2D eigenvalue weighted by atomic mass is 19.4. The van der Waals surface area contributed by atoms with Crippen LogP contribution in [0.15, 0.2) is 54.6 Å². The third-order valence-corrected chi connectivity index (χ3v) is 4.80. The summed E-state index contributed by atoms with van der Waals surface area (Å²) in [7, 11) is 0. The van der Waals surface area contributed by atoms with E-state index in [1.165, 1.54) is 17.0 Å². The van der Waals surface area contributed by atoms with Gasteiger partial charge in [0.1, 0.15) is 0 Å². The highest BCUT2D eigenvalue weighted by Gasteiger charge is 2.31. The van der Waals surface area contributed by atoms with Crippen molar-refractivity contribution in [2.75, 3.05) is 32.7 Å². The molecule has 0 spiro atoms. The average molecular weight is 405 g/mol. The molecule has 29 heavy (non-hydrogen) atoms. The van der Waals surface area contributed by atoms with Crippen LogP contribution in [-0.2, 0) is 17.5 Å². The van der Waals surface area contributed by atoms with E-state index in [9.17, 15) is 22.8 Å². The number of halogens is 3. The van der Waals surface area contributed by atoms with Gasteiger partial charge in [-0.2, -0.15) is 13.2 Å². The molecule has 1 fully saturated rings. The SMILES string of the molecule is O=C(CN1CCN(C(=O)c2cccc(C(F)(F)F)c2)CC1)NCc1ccccc1. The van der Waals surface area contributed by atoms with E-state index >= 15 is 0 Å². The predicted octanol–water partition coefficient (Wildman–Crippen LogP) is 2.78. The van der Waals surface area contributed by atoms with Crippen LogP contribution >= 0.6 is 0 Å². The van der Waals surface area contributed by atoms with Crippen LogP contribution in [0.25, 0.3) is 0 Å². The van der Waals surface area contributed by atoms with Crippen LogP contribution in [0.1, 0.15) is 21.5 Å². The molecule has 5 nitrogen and oxygen atoms in total. The van der Waals surface area contributed by atoms with Gasteiger partial charge in [0.25, 0.3) is 5.91 Å². The number of carbonyl (C=O) groups is 2. The lowest BCUT2D eigenvalue weighted by Gasteiger charge is -2.34. The van der Waals surface area contributed by atoms with Gasteiger partial charge in [0.2, 0.25) is 5.91 Å². The summed E-state index contributed by atoms with van der Waals surface area (Å²) < 4.78 is 38.5. The Kier molecular flexibility index (Phi) is 6.53. The first-order chi connectivity index (χ1) is 13.8. The first kappa shape index (κ1) is 20.9. The first-order valence-corrected chi connectivity index (χ1v) is 9.32. The van der Waals surface area contributed by atoms with Gasteiger partial charge in [0.05, 0.1) is 12.1 Å². The van der Waals surface area contributed by atoms with Crippen molar-refractivity contribution in [2.45, 2.75) is 12.7 Å². The van der Waals surface area contributed by atoms with Gasteiger partial charge < -0.3 is 10.2 Å². The Balaban J connectivity index is 1.47. The van der Waals surface area contributed by atoms with Gasteiger partial charge in [-0.1, -0.05) is 36.4 Å². The number of piperazine rings is 1. The Hall–Kier alpha value is -2.87. The summed E-state index contributed by atoms with van der Waals surface area (Å²) in [5, 5.41) is 2.86. The van der Waals surface area contributed by atoms with Gasteiger partial charge in [-0.15, -0.1) is 0 Å². The Labute approximate surface area is 167 Å². The number of rotatable bonds is 5. The maximum absolute atomic E-state index is 12.8. The molecule has 0 saturated carbocycles. The molecular formula is C21H22F3N3O2. The normalized spacial score (nSPS) is 15.2. The van der Waals surface area contributed by atoms with E-state index < -0.39 is 17.6 Å². The van der Waals surface area contributed by atoms with Crippen LogP contribution in [0.4, 0.5) is 13.2 Å². The van der Waals surface area contributed by atoms with Crippen molar-refractivity contribution in [3.8, 4) is 0 Å². The second-order valence-electron chi connectivity index (χ2n) is 6.91. The highest BCUT2D eigenvalue weighted by Crippen LogP contribution is 2.29. The fourth-order valence-corrected chi connectivity index (χ4v) is 3.18. The largest absolute Gasteiger partial charge is 0.416 e. The van der Waals surface area contributed by atoms with Gasteiger partial charge in [-0.25, -0.2) is 0 Å². The minimum Gasteiger partial charge on any atom is -0.351 e. The van der Waals surface area contributed by atoms with Crippen molar-refractivity contribution >= 4 is 11.8 Å². The second kappa shape index (κ2) is 9.09. The molecule has 0 radical (unpaired) electrons. The van der Waals surface area contributed by atoms with Gasteiger partial charge in [0, 0.05) is 38.3 Å². The zero-order chi connectivity index (χ0) is 20.9. The quantitative estimate of drug-likeness (QED) is 0.833. The fourth-order valence-electron chi connectivity index (χ4n) is 3.18. The van der Waals surface area contributed by atoms with E-state index in [1.807, 2.05) is 35.2 Å². The minimum atomic E-state index is -4.48. The summed E-state index contributed by atoms with van der Waals surface area (Å²) in [5.41, 5.74) is 0.198. The summed E-state index contributed by atoms with van der Waals surface area (Å²) in [4.78, 5) is 28.1. The molecular weight excluding hydrogens is 383 g/mol. The molecule has 1 N–H and O–H groups in total. The number of nitrogens with zero attached hydrogens (tertiary/aromatic N) is 2. The number of carbonyl (C=O) groups excluding carboxylic acids is 2. The summed E-state index contributed by atoms with van der Waals surface area (Å²) in [6.07, 6.45) is -4.48. The van der Waals surface area contributed by atoms with Crippen molar-refractivity contribution in [3.05, 3.63) is 71.3 Å². The van der Waals surface area contributed by atoms with Crippen molar-refractivity contribution in [3.63, 3.8) is 0 Å². The van der Waals surface area contributed by atoms with E-state index in [4.69, 9.17) is 0 Å². The summed E-state index contributed by atoms with van der Waals surface area (Å²) in [6.45, 7) is 2.38. The average Bonchev–Trinajstić information content (AvgIpc) is 2.72. The van der Waals surface area contributed by atoms with Crippen LogP contribution in [0.3, 0.4) is 0 Å². The van der Waals surface area contributed by atoms with Crippen molar-refractivity contribution in [1.82, 2.24) is 15.1 Å². The number of alkyl halides is 3. The highest BCUT2D eigenvalue weighted by molar-refractivity contribution is 5.94. The van der Waals surface area contributed by atoms with Crippen molar-refractivity contribution in [2.24, 2.45) is 0 Å². The van der Waals surface area contributed by atoms with Crippen LogP contribution in [0, 0.1) is 0 Å². The van der Waals surface area contributed by atoms with E-state index in [0.717, 1.165) is 17.7 Å². The number of amides is 2. The molecule has 2 aromatic carbocycles. The minimum absolute atomic E-state index is 0.0221. The zero-order valence-electron chi connectivity index (χ0n) is 15.8. The molecule has 1 aliphatic rings. The molecule has 8 heteroatoms. The molecule has 1 saturated heterocycles. The molecule has 0 aromatic heterocycles. The molecule has 2 amide bonds. The predicted molar refractivity (Wildman–Crippen MR) is 102 cm³/mol. The maximum Gasteiger partial charge on any atom is 0.416 e. The number of benzene rings is 2. The standard InChI is InChI=1S/C21H22F3N3O2/c22-21(23,24)18-8-4-7-17(13-18)20(29)27-11-9-26(10-12-27)15-19(28)25-14-16-5-2-1-3-6-16/h1-8,13H,9-12,14-15H2,(H,25,28). The topological polar surface area (TPSA) is 52.7 Å². The summed E-state index contributed by atoms with van der Waals surface area (Å²) >= 11 is 0. The molecule has 2 aromatic rings. The zero-order valence-corrected chi connectivity index (χ0v) is 15.8. The second-order valence-corrected chi connectivity index (χ2v) is 6.91. The lowest BCUT2D eigenvalue weighted by atomic mass is 10.1. The smallest absolute Gasteiger partial charge is 0.351 e. The third kappa shape index (κ3) is 5.80. The van der Waals surface area contributed by atoms with E-state index in [1.54, 1.807) is 0 Å². The van der Waals surface area contributed by atoms with Gasteiger partial charge in [-0.05, 0) is 23.8 Å². The summed E-state index contributed by atoms with van der Waals surface area (Å²) in [6, 6.07) is 14.0. The maximum atomic E-state index is 12.8. The van der Waals surface area contributed by atoms with Gasteiger partial charge in [0.15, 0.2) is 0 Å².